The van der Waals surface area contributed by atoms with Gasteiger partial charge in [-0.1, -0.05) is 13.3 Å². The molecule has 0 aliphatic heterocycles. The zero-order valence-corrected chi connectivity index (χ0v) is 8.13. The summed E-state index contributed by atoms with van der Waals surface area (Å²) >= 11 is 0. The summed E-state index contributed by atoms with van der Waals surface area (Å²) in [4.78, 5) is 21.0. The van der Waals surface area contributed by atoms with Gasteiger partial charge in [0.2, 0.25) is 0 Å². The minimum absolute atomic E-state index is 0.00759. The third kappa shape index (κ3) is 5.24. The maximum atomic E-state index is 11.8. The molecule has 88 valence electrons. The van der Waals surface area contributed by atoms with Crippen LogP contribution in [0.4, 0.5) is 13.2 Å². The summed E-state index contributed by atoms with van der Waals surface area (Å²) in [5.41, 5.74) is 4.79. The van der Waals surface area contributed by atoms with Crippen molar-refractivity contribution in [3.63, 3.8) is 0 Å². The van der Waals surface area contributed by atoms with Crippen molar-refractivity contribution in [3.8, 4) is 0 Å². The molecule has 0 rings (SSSR count). The van der Waals surface area contributed by atoms with Gasteiger partial charge in [0.15, 0.2) is 6.10 Å². The number of alkyl halides is 3. The first-order valence-corrected chi connectivity index (χ1v) is 4.36. The molecule has 0 saturated carbocycles. The molecule has 0 aromatic carbocycles. The minimum Gasteiger partial charge on any atom is -0.446 e. The van der Waals surface area contributed by atoms with Crippen molar-refractivity contribution in [2.45, 2.75) is 38.5 Å². The van der Waals surface area contributed by atoms with Crippen molar-refractivity contribution in [2.75, 3.05) is 0 Å². The Morgan fingerprint density at radius 1 is 1.40 bits per heavy atom. The lowest BCUT2D eigenvalue weighted by Gasteiger charge is -2.15. The second-order valence-corrected chi connectivity index (χ2v) is 2.94. The van der Waals surface area contributed by atoms with E-state index in [-0.39, 0.29) is 6.42 Å². The summed E-state index contributed by atoms with van der Waals surface area (Å²) < 4.78 is 39.2. The molecule has 7 heteroatoms. The van der Waals surface area contributed by atoms with Gasteiger partial charge in [-0.05, 0) is 12.8 Å². The van der Waals surface area contributed by atoms with Crippen molar-refractivity contribution >= 4 is 11.9 Å². The van der Waals surface area contributed by atoms with Crippen LogP contribution in [-0.2, 0) is 14.3 Å². The number of esters is 1. The molecule has 4 nitrogen and oxygen atoms in total. The zero-order valence-electron chi connectivity index (χ0n) is 8.13. The Morgan fingerprint density at radius 3 is 2.27 bits per heavy atom. The number of hydrogen-bond acceptors (Lipinski definition) is 3. The molecule has 1 atom stereocenters. The van der Waals surface area contributed by atoms with Crippen LogP contribution in [-0.4, -0.2) is 24.2 Å². The average Bonchev–Trinajstić information content (AvgIpc) is 2.09. The Labute approximate surface area is 84.6 Å². The molecule has 1 unspecified atom stereocenters. The number of hydrogen-bond donors (Lipinski definition) is 1. The third-order valence-electron chi connectivity index (χ3n) is 1.62. The number of ether oxygens (including phenoxy) is 1. The van der Waals surface area contributed by atoms with Gasteiger partial charge in [0.1, 0.15) is 0 Å². The number of carbonyl (C=O) groups excluding carboxylic acids is 2. The van der Waals surface area contributed by atoms with E-state index in [0.29, 0.717) is 12.8 Å². The molecule has 0 bridgehead atoms. The Kier molecular flexibility index (Phi) is 5.10. The molecule has 0 aromatic heterocycles. The lowest BCUT2D eigenvalue weighted by atomic mass is 10.1. The second-order valence-electron chi connectivity index (χ2n) is 2.94. The van der Waals surface area contributed by atoms with E-state index in [1.807, 2.05) is 0 Å². The molecular formula is C8H12F3NO3. The smallest absolute Gasteiger partial charge is 0.446 e. The molecule has 0 aromatic rings. The highest BCUT2D eigenvalue weighted by atomic mass is 19.4. The highest BCUT2D eigenvalue weighted by Gasteiger charge is 2.42. The van der Waals surface area contributed by atoms with Crippen LogP contribution in [0.1, 0.15) is 26.2 Å². The fourth-order valence-corrected chi connectivity index (χ4v) is 0.845. The molecule has 1 amide bonds. The Bertz CT molecular complexity index is 240. The van der Waals surface area contributed by atoms with Crippen LogP contribution in [0.25, 0.3) is 0 Å². The first-order chi connectivity index (χ1) is 6.79. The van der Waals surface area contributed by atoms with Crippen LogP contribution >= 0.6 is 0 Å². The van der Waals surface area contributed by atoms with Gasteiger partial charge in [-0.3, -0.25) is 4.79 Å². The first-order valence-electron chi connectivity index (χ1n) is 4.36. The van der Waals surface area contributed by atoms with E-state index in [1.165, 1.54) is 0 Å². The zero-order chi connectivity index (χ0) is 12.1. The molecule has 0 saturated heterocycles. The third-order valence-corrected chi connectivity index (χ3v) is 1.62. The molecule has 0 spiro atoms. The van der Waals surface area contributed by atoms with Crippen LogP contribution < -0.4 is 5.73 Å². The van der Waals surface area contributed by atoms with Crippen molar-refractivity contribution in [1.82, 2.24) is 0 Å². The van der Waals surface area contributed by atoms with E-state index < -0.39 is 24.2 Å². The van der Waals surface area contributed by atoms with Gasteiger partial charge in [-0.15, -0.1) is 0 Å². The van der Waals surface area contributed by atoms with Gasteiger partial charge in [0.25, 0.3) is 5.91 Å². The van der Waals surface area contributed by atoms with Gasteiger partial charge in [-0.25, -0.2) is 4.79 Å². The van der Waals surface area contributed by atoms with Crippen LogP contribution in [0.3, 0.4) is 0 Å². The maximum absolute atomic E-state index is 11.8. The van der Waals surface area contributed by atoms with Crippen LogP contribution in [0.2, 0.25) is 0 Å². The van der Waals surface area contributed by atoms with Crippen molar-refractivity contribution in [3.05, 3.63) is 0 Å². The van der Waals surface area contributed by atoms with Gasteiger partial charge < -0.3 is 10.5 Å². The topological polar surface area (TPSA) is 69.4 Å². The Balaban J connectivity index is 4.29. The highest BCUT2D eigenvalue weighted by molar-refractivity contribution is 5.83. The Morgan fingerprint density at radius 2 is 1.93 bits per heavy atom. The minimum atomic E-state index is -5.10. The summed E-state index contributed by atoms with van der Waals surface area (Å²) in [5.74, 6) is -3.46. The van der Waals surface area contributed by atoms with Gasteiger partial charge in [-0.2, -0.15) is 13.2 Å². The number of unbranched alkanes of at least 4 members (excludes halogenated alkanes) is 1. The summed E-state index contributed by atoms with van der Waals surface area (Å²) in [6, 6.07) is 0. The molecule has 15 heavy (non-hydrogen) atoms. The standard InChI is InChI=1S/C8H12F3NO3/c1-2-3-4-5(6(12)13)15-7(14)8(9,10)11/h5H,2-4H2,1H3,(H2,12,13). The predicted molar refractivity (Wildman–Crippen MR) is 44.7 cm³/mol. The largest absolute Gasteiger partial charge is 0.490 e. The number of halogens is 3. The molecule has 2 N–H and O–H groups in total. The summed E-state index contributed by atoms with van der Waals surface area (Å²) in [6.07, 6.45) is -5.47. The summed E-state index contributed by atoms with van der Waals surface area (Å²) in [7, 11) is 0. The summed E-state index contributed by atoms with van der Waals surface area (Å²) in [5, 5.41) is 0. The SMILES string of the molecule is CCCCC(OC(=O)C(F)(F)F)C(N)=O. The van der Waals surface area contributed by atoms with Gasteiger partial charge in [0, 0.05) is 0 Å². The number of primary amides is 1. The number of rotatable bonds is 5. The fraction of sp³-hybridized carbons (Fsp3) is 0.750. The fourth-order valence-electron chi connectivity index (χ4n) is 0.845. The van der Waals surface area contributed by atoms with E-state index in [2.05, 4.69) is 4.74 Å². The van der Waals surface area contributed by atoms with Crippen molar-refractivity contribution in [2.24, 2.45) is 5.73 Å². The molecule has 0 radical (unpaired) electrons. The van der Waals surface area contributed by atoms with Gasteiger partial charge >= 0.3 is 12.1 Å². The lowest BCUT2D eigenvalue weighted by Crippen LogP contribution is -2.37. The molecule has 0 heterocycles. The lowest BCUT2D eigenvalue weighted by molar-refractivity contribution is -0.205. The molecule has 0 aliphatic carbocycles. The van der Waals surface area contributed by atoms with E-state index in [4.69, 9.17) is 5.73 Å². The number of amides is 1. The molecule has 0 fully saturated rings. The normalized spacial score (nSPS) is 13.3. The van der Waals surface area contributed by atoms with Crippen LogP contribution in [0.15, 0.2) is 0 Å². The number of carbonyl (C=O) groups is 2. The van der Waals surface area contributed by atoms with E-state index in [0.717, 1.165) is 0 Å². The quantitative estimate of drug-likeness (QED) is 0.716. The summed E-state index contributed by atoms with van der Waals surface area (Å²) in [6.45, 7) is 1.78. The maximum Gasteiger partial charge on any atom is 0.490 e. The second kappa shape index (κ2) is 5.57. The van der Waals surface area contributed by atoms with E-state index in [1.54, 1.807) is 6.92 Å². The van der Waals surface area contributed by atoms with Crippen molar-refractivity contribution in [1.29, 1.82) is 0 Å². The van der Waals surface area contributed by atoms with Crippen LogP contribution in [0.5, 0.6) is 0 Å². The Hall–Kier alpha value is -1.27. The van der Waals surface area contributed by atoms with Gasteiger partial charge in [0.05, 0.1) is 0 Å². The molecular weight excluding hydrogens is 215 g/mol. The van der Waals surface area contributed by atoms with E-state index >= 15 is 0 Å². The van der Waals surface area contributed by atoms with Crippen molar-refractivity contribution < 1.29 is 27.5 Å². The first kappa shape index (κ1) is 13.7. The highest BCUT2D eigenvalue weighted by Crippen LogP contribution is 2.18. The number of nitrogens with two attached hydrogens (primary N) is 1. The molecule has 0 aliphatic rings. The van der Waals surface area contributed by atoms with E-state index in [9.17, 15) is 22.8 Å². The predicted octanol–water partition coefficient (Wildman–Crippen LogP) is 1.14. The monoisotopic (exact) mass is 227 g/mol. The van der Waals surface area contributed by atoms with Crippen LogP contribution in [0, 0.1) is 0 Å². The average molecular weight is 227 g/mol.